The Morgan fingerprint density at radius 2 is 2.29 bits per heavy atom. The van der Waals surface area contributed by atoms with Gasteiger partial charge in [-0.05, 0) is 13.3 Å². The van der Waals surface area contributed by atoms with Crippen LogP contribution in [-0.2, 0) is 9.68 Å². The molecule has 1 aromatic heterocycles. The summed E-state index contributed by atoms with van der Waals surface area (Å²) >= 11 is 1.39. The Morgan fingerprint density at radius 1 is 1.48 bits per heavy atom. The van der Waals surface area contributed by atoms with E-state index in [1.807, 2.05) is 6.92 Å². The average Bonchev–Trinajstić information content (AvgIpc) is 2.99. The highest BCUT2D eigenvalue weighted by Gasteiger charge is 2.50. The predicted octanol–water partition coefficient (Wildman–Crippen LogP) is 1.74. The van der Waals surface area contributed by atoms with Gasteiger partial charge in [-0.2, -0.15) is 0 Å². The standard InChI is InChI=1S/C13H17N3O4S/c1-3-5-14-10-9-8(7-21-10)11(17)16(12(9)18)13(2)4-6-19-15-20-13/h7,14-15H,3-6H2,1-2H3. The molecule has 3 heterocycles. The van der Waals surface area contributed by atoms with Gasteiger partial charge >= 0.3 is 0 Å². The molecule has 114 valence electrons. The first-order valence-electron chi connectivity index (χ1n) is 6.87. The number of hydrogen-bond donors (Lipinski definition) is 2. The largest absolute Gasteiger partial charge is 0.376 e. The van der Waals surface area contributed by atoms with Crippen LogP contribution in [0, 0.1) is 0 Å². The van der Waals surface area contributed by atoms with Crippen molar-refractivity contribution in [2.75, 3.05) is 18.5 Å². The maximum atomic E-state index is 12.7. The van der Waals surface area contributed by atoms with Gasteiger partial charge in [-0.1, -0.05) is 12.6 Å². The SMILES string of the molecule is CCCNc1scc2c1C(=O)N(C1(C)CCONO1)C2=O. The van der Waals surface area contributed by atoms with Crippen LogP contribution in [0.15, 0.2) is 5.38 Å². The van der Waals surface area contributed by atoms with E-state index in [1.165, 1.54) is 16.2 Å². The summed E-state index contributed by atoms with van der Waals surface area (Å²) in [5, 5.41) is 5.67. The monoisotopic (exact) mass is 311 g/mol. The van der Waals surface area contributed by atoms with E-state index in [-0.39, 0.29) is 11.8 Å². The van der Waals surface area contributed by atoms with Gasteiger partial charge < -0.3 is 5.32 Å². The first-order valence-corrected chi connectivity index (χ1v) is 7.75. The molecule has 1 saturated heterocycles. The van der Waals surface area contributed by atoms with E-state index >= 15 is 0 Å². The second kappa shape index (κ2) is 5.38. The fraction of sp³-hybridized carbons (Fsp3) is 0.538. The third kappa shape index (κ3) is 2.24. The van der Waals surface area contributed by atoms with E-state index in [4.69, 9.17) is 9.68 Å². The van der Waals surface area contributed by atoms with Gasteiger partial charge in [0, 0.05) is 18.3 Å². The summed E-state index contributed by atoms with van der Waals surface area (Å²) in [4.78, 5) is 36.6. The van der Waals surface area contributed by atoms with Gasteiger partial charge in [0.1, 0.15) is 5.00 Å². The third-order valence-corrected chi connectivity index (χ3v) is 4.58. The summed E-state index contributed by atoms with van der Waals surface area (Å²) in [6.07, 6.45) is 1.36. The molecule has 1 unspecified atom stereocenters. The zero-order valence-electron chi connectivity index (χ0n) is 11.9. The Bertz CT molecular complexity index is 580. The minimum Gasteiger partial charge on any atom is -0.376 e. The molecule has 0 radical (unpaired) electrons. The fourth-order valence-electron chi connectivity index (χ4n) is 2.46. The van der Waals surface area contributed by atoms with Gasteiger partial charge in [-0.25, -0.2) is 9.74 Å². The quantitative estimate of drug-likeness (QED) is 0.825. The number of hydrogen-bond acceptors (Lipinski definition) is 7. The molecule has 0 aromatic carbocycles. The molecule has 0 spiro atoms. The Balaban J connectivity index is 1.91. The summed E-state index contributed by atoms with van der Waals surface area (Å²) in [6, 6.07) is 0. The first kappa shape index (κ1) is 14.5. The minimum absolute atomic E-state index is 0.318. The highest BCUT2D eigenvalue weighted by molar-refractivity contribution is 7.15. The molecule has 7 nitrogen and oxygen atoms in total. The van der Waals surface area contributed by atoms with Crippen LogP contribution >= 0.6 is 11.3 Å². The van der Waals surface area contributed by atoms with Crippen molar-refractivity contribution in [3.8, 4) is 0 Å². The Kier molecular flexibility index (Phi) is 3.70. The van der Waals surface area contributed by atoms with Gasteiger partial charge in [0.05, 0.1) is 17.7 Å². The molecular weight excluding hydrogens is 294 g/mol. The van der Waals surface area contributed by atoms with Gasteiger partial charge in [0.25, 0.3) is 11.8 Å². The average molecular weight is 311 g/mol. The highest BCUT2D eigenvalue weighted by Crippen LogP contribution is 2.39. The lowest BCUT2D eigenvalue weighted by molar-refractivity contribution is -0.302. The lowest BCUT2D eigenvalue weighted by Gasteiger charge is -2.38. The van der Waals surface area contributed by atoms with Crippen LogP contribution < -0.4 is 11.0 Å². The van der Waals surface area contributed by atoms with Crippen molar-refractivity contribution >= 4 is 28.2 Å². The topological polar surface area (TPSA) is 79.9 Å². The molecule has 1 atom stereocenters. The lowest BCUT2D eigenvalue weighted by Crippen LogP contribution is -2.57. The van der Waals surface area contributed by atoms with Crippen LogP contribution in [0.1, 0.15) is 47.4 Å². The molecule has 1 aromatic rings. The summed E-state index contributed by atoms with van der Waals surface area (Å²) in [6.45, 7) is 4.87. The summed E-state index contributed by atoms with van der Waals surface area (Å²) in [7, 11) is 0. The second-order valence-electron chi connectivity index (χ2n) is 5.18. The van der Waals surface area contributed by atoms with Crippen molar-refractivity contribution in [3.63, 3.8) is 0 Å². The van der Waals surface area contributed by atoms with E-state index in [9.17, 15) is 9.59 Å². The van der Waals surface area contributed by atoms with E-state index in [0.29, 0.717) is 24.2 Å². The van der Waals surface area contributed by atoms with Gasteiger partial charge in [-0.15, -0.1) is 11.3 Å². The minimum atomic E-state index is -1.04. The zero-order chi connectivity index (χ0) is 15.0. The molecule has 2 amide bonds. The summed E-state index contributed by atoms with van der Waals surface area (Å²) in [5.74, 6) is -0.636. The maximum absolute atomic E-state index is 12.7. The number of anilines is 1. The zero-order valence-corrected chi connectivity index (χ0v) is 12.7. The van der Waals surface area contributed by atoms with Gasteiger partial charge in [-0.3, -0.25) is 14.4 Å². The number of carbonyl (C=O) groups is 2. The lowest BCUT2D eigenvalue weighted by atomic mass is 10.1. The third-order valence-electron chi connectivity index (χ3n) is 3.64. The van der Waals surface area contributed by atoms with Gasteiger partial charge in [0.15, 0.2) is 5.72 Å². The van der Waals surface area contributed by atoms with Crippen molar-refractivity contribution in [1.29, 1.82) is 0 Å². The molecule has 2 aliphatic heterocycles. The van der Waals surface area contributed by atoms with E-state index < -0.39 is 5.72 Å². The summed E-state index contributed by atoms with van der Waals surface area (Å²) in [5.41, 5.74) is 2.16. The molecule has 21 heavy (non-hydrogen) atoms. The number of carbonyl (C=O) groups excluding carboxylic acids is 2. The first-order chi connectivity index (χ1) is 10.1. The number of nitrogens with zero attached hydrogens (tertiary/aromatic N) is 1. The van der Waals surface area contributed by atoms with Crippen molar-refractivity contribution in [3.05, 3.63) is 16.5 Å². The normalized spacial score (nSPS) is 25.3. The van der Waals surface area contributed by atoms with Crippen LogP contribution in [-0.4, -0.2) is 35.6 Å². The summed E-state index contributed by atoms with van der Waals surface area (Å²) < 4.78 is 0. The smallest absolute Gasteiger partial charge is 0.266 e. The van der Waals surface area contributed by atoms with E-state index in [2.05, 4.69) is 11.0 Å². The molecule has 8 heteroatoms. The van der Waals surface area contributed by atoms with Crippen molar-refractivity contribution < 1.29 is 19.3 Å². The second-order valence-corrected chi connectivity index (χ2v) is 6.06. The Morgan fingerprint density at radius 3 is 2.95 bits per heavy atom. The molecule has 0 saturated carbocycles. The molecular formula is C13H17N3O4S. The number of fused-ring (bicyclic) bond motifs is 1. The van der Waals surface area contributed by atoms with Crippen LogP contribution in [0.3, 0.4) is 0 Å². The molecule has 0 aliphatic carbocycles. The van der Waals surface area contributed by atoms with E-state index in [0.717, 1.165) is 18.0 Å². The molecule has 3 rings (SSSR count). The Labute approximate surface area is 126 Å². The molecule has 1 fully saturated rings. The molecule has 2 aliphatic rings. The van der Waals surface area contributed by atoms with Gasteiger partial charge in [0.2, 0.25) is 0 Å². The molecule has 0 bridgehead atoms. The number of nitrogens with one attached hydrogen (secondary N) is 2. The Hall–Kier alpha value is -1.48. The highest BCUT2D eigenvalue weighted by atomic mass is 32.1. The predicted molar refractivity (Wildman–Crippen MR) is 76.8 cm³/mol. The van der Waals surface area contributed by atoms with Crippen molar-refractivity contribution in [2.24, 2.45) is 0 Å². The van der Waals surface area contributed by atoms with E-state index in [1.54, 1.807) is 12.3 Å². The fourth-order valence-corrected chi connectivity index (χ4v) is 3.42. The number of thiophene rings is 1. The van der Waals surface area contributed by atoms with Crippen molar-refractivity contribution in [1.82, 2.24) is 10.5 Å². The number of amides is 2. The maximum Gasteiger partial charge on any atom is 0.266 e. The van der Waals surface area contributed by atoms with Crippen molar-refractivity contribution in [2.45, 2.75) is 32.4 Å². The van der Waals surface area contributed by atoms with Crippen LogP contribution in [0.25, 0.3) is 0 Å². The number of imide groups is 1. The van der Waals surface area contributed by atoms with Crippen LogP contribution in [0.4, 0.5) is 5.00 Å². The number of rotatable bonds is 4. The molecule has 2 N–H and O–H groups in total. The van der Waals surface area contributed by atoms with Crippen LogP contribution in [0.2, 0.25) is 0 Å². The van der Waals surface area contributed by atoms with Crippen LogP contribution in [0.5, 0.6) is 0 Å².